The third kappa shape index (κ3) is 2.38. The van der Waals surface area contributed by atoms with Gasteiger partial charge in [-0.2, -0.15) is 0 Å². The molecule has 3 nitrogen and oxygen atoms in total. The zero-order chi connectivity index (χ0) is 13.1. The second-order valence-electron chi connectivity index (χ2n) is 4.60. The van der Waals surface area contributed by atoms with Crippen LogP contribution in [0.4, 0.5) is 5.82 Å². The first-order valence-electron chi connectivity index (χ1n) is 6.28. The van der Waals surface area contributed by atoms with Crippen molar-refractivity contribution in [2.45, 2.75) is 33.6 Å². The van der Waals surface area contributed by atoms with Crippen LogP contribution in [0.3, 0.4) is 0 Å². The van der Waals surface area contributed by atoms with E-state index in [1.807, 2.05) is 0 Å². The van der Waals surface area contributed by atoms with Crippen LogP contribution < -0.4 is 5.32 Å². The average molecular weight is 261 g/mol. The van der Waals surface area contributed by atoms with Gasteiger partial charge in [-0.3, -0.25) is 0 Å². The molecule has 4 heteroatoms. The second kappa shape index (κ2) is 5.48. The summed E-state index contributed by atoms with van der Waals surface area (Å²) < 4.78 is 0. The lowest BCUT2D eigenvalue weighted by molar-refractivity contribution is 0.850. The minimum absolute atomic E-state index is 0.400. The fourth-order valence-corrected chi connectivity index (χ4v) is 2.98. The van der Waals surface area contributed by atoms with Crippen molar-refractivity contribution in [1.82, 2.24) is 9.97 Å². The van der Waals surface area contributed by atoms with Gasteiger partial charge in [-0.15, -0.1) is 11.3 Å². The maximum atomic E-state index is 4.51. The Kier molecular flexibility index (Phi) is 3.97. The molecule has 2 aromatic rings. The van der Waals surface area contributed by atoms with Crippen molar-refractivity contribution in [2.75, 3.05) is 11.9 Å². The van der Waals surface area contributed by atoms with E-state index < -0.39 is 0 Å². The van der Waals surface area contributed by atoms with E-state index in [9.17, 15) is 0 Å². The predicted octanol–water partition coefficient (Wildman–Crippen LogP) is 4.07. The molecule has 0 radical (unpaired) electrons. The molecular formula is C14H19N3S. The first kappa shape index (κ1) is 13.0. The Morgan fingerprint density at radius 1 is 1.33 bits per heavy atom. The molecule has 0 saturated carbocycles. The fraction of sp³-hybridized carbons (Fsp3) is 0.429. The molecule has 18 heavy (non-hydrogen) atoms. The van der Waals surface area contributed by atoms with Gasteiger partial charge in [-0.05, 0) is 36.8 Å². The molecule has 2 rings (SSSR count). The Bertz CT molecular complexity index is 532. The van der Waals surface area contributed by atoms with E-state index in [4.69, 9.17) is 0 Å². The van der Waals surface area contributed by atoms with E-state index in [0.29, 0.717) is 5.92 Å². The van der Waals surface area contributed by atoms with Crippen LogP contribution in [0.2, 0.25) is 0 Å². The van der Waals surface area contributed by atoms with Crippen LogP contribution in [0.15, 0.2) is 17.8 Å². The molecule has 0 bridgehead atoms. The first-order valence-corrected chi connectivity index (χ1v) is 7.16. The highest BCUT2D eigenvalue weighted by molar-refractivity contribution is 7.13. The highest BCUT2D eigenvalue weighted by Crippen LogP contribution is 2.36. The molecule has 1 N–H and O–H groups in total. The molecule has 0 spiro atoms. The molecule has 0 unspecified atom stereocenters. The van der Waals surface area contributed by atoms with Crippen LogP contribution in [-0.4, -0.2) is 16.5 Å². The highest BCUT2D eigenvalue weighted by Gasteiger charge is 2.17. The van der Waals surface area contributed by atoms with Gasteiger partial charge in [0.15, 0.2) is 0 Å². The second-order valence-corrected chi connectivity index (χ2v) is 5.52. The van der Waals surface area contributed by atoms with Gasteiger partial charge in [0.05, 0.1) is 10.6 Å². The van der Waals surface area contributed by atoms with Crippen molar-refractivity contribution < 1.29 is 0 Å². The minimum Gasteiger partial charge on any atom is -0.370 e. The van der Waals surface area contributed by atoms with Gasteiger partial charge in [0.1, 0.15) is 12.1 Å². The van der Waals surface area contributed by atoms with Crippen molar-refractivity contribution in [3.8, 4) is 10.6 Å². The van der Waals surface area contributed by atoms with E-state index in [-0.39, 0.29) is 0 Å². The summed E-state index contributed by atoms with van der Waals surface area (Å²) in [4.78, 5) is 10.1. The van der Waals surface area contributed by atoms with Crippen LogP contribution in [0.1, 0.15) is 37.8 Å². The standard InChI is InChI=1S/C14H19N3S/c1-5-15-14-11(9(2)3)12(16-8-17-14)13-10(4)6-7-18-13/h6-9H,5H2,1-4H3,(H,15,16,17). The number of rotatable bonds is 4. The van der Waals surface area contributed by atoms with Gasteiger partial charge in [0.2, 0.25) is 0 Å². The Morgan fingerprint density at radius 2 is 2.11 bits per heavy atom. The van der Waals surface area contributed by atoms with Crippen molar-refractivity contribution in [3.05, 3.63) is 28.9 Å². The van der Waals surface area contributed by atoms with E-state index in [1.54, 1.807) is 17.7 Å². The summed E-state index contributed by atoms with van der Waals surface area (Å²) >= 11 is 1.74. The molecule has 0 aliphatic carbocycles. The summed E-state index contributed by atoms with van der Waals surface area (Å²) in [6.07, 6.45) is 1.65. The van der Waals surface area contributed by atoms with Gasteiger partial charge >= 0.3 is 0 Å². The molecule has 96 valence electrons. The number of hydrogen-bond donors (Lipinski definition) is 1. The Balaban J connectivity index is 2.60. The third-order valence-electron chi connectivity index (χ3n) is 2.88. The maximum Gasteiger partial charge on any atom is 0.133 e. The van der Waals surface area contributed by atoms with Crippen molar-refractivity contribution in [3.63, 3.8) is 0 Å². The highest BCUT2D eigenvalue weighted by atomic mass is 32.1. The van der Waals surface area contributed by atoms with Gasteiger partial charge in [0.25, 0.3) is 0 Å². The third-order valence-corrected chi connectivity index (χ3v) is 3.91. The summed E-state index contributed by atoms with van der Waals surface area (Å²) in [6, 6.07) is 2.14. The van der Waals surface area contributed by atoms with Gasteiger partial charge < -0.3 is 5.32 Å². The normalized spacial score (nSPS) is 10.9. The Labute approximate surface area is 112 Å². The summed E-state index contributed by atoms with van der Waals surface area (Å²) in [5, 5.41) is 5.45. The predicted molar refractivity (Wildman–Crippen MR) is 78.3 cm³/mol. The Morgan fingerprint density at radius 3 is 2.67 bits per heavy atom. The number of thiophene rings is 1. The van der Waals surface area contributed by atoms with Crippen LogP contribution in [-0.2, 0) is 0 Å². The average Bonchev–Trinajstić information content (AvgIpc) is 2.75. The number of aromatic nitrogens is 2. The Hall–Kier alpha value is -1.42. The molecular weight excluding hydrogens is 242 g/mol. The number of anilines is 1. The topological polar surface area (TPSA) is 37.8 Å². The summed E-state index contributed by atoms with van der Waals surface area (Å²) in [7, 11) is 0. The summed E-state index contributed by atoms with van der Waals surface area (Å²) in [5.74, 6) is 1.36. The van der Waals surface area contributed by atoms with E-state index >= 15 is 0 Å². The summed E-state index contributed by atoms with van der Waals surface area (Å²) in [6.45, 7) is 9.46. The fourth-order valence-electron chi connectivity index (χ4n) is 2.05. The molecule has 0 amide bonds. The number of nitrogens with zero attached hydrogens (tertiary/aromatic N) is 2. The van der Waals surface area contributed by atoms with E-state index in [1.165, 1.54) is 16.0 Å². The van der Waals surface area contributed by atoms with Crippen molar-refractivity contribution in [1.29, 1.82) is 0 Å². The maximum absolute atomic E-state index is 4.51. The van der Waals surface area contributed by atoms with Gasteiger partial charge in [0, 0.05) is 12.1 Å². The zero-order valence-corrected chi connectivity index (χ0v) is 12.1. The number of hydrogen-bond acceptors (Lipinski definition) is 4. The molecule has 0 aliphatic rings. The van der Waals surface area contributed by atoms with Crippen LogP contribution in [0.5, 0.6) is 0 Å². The number of nitrogens with one attached hydrogen (secondary N) is 1. The van der Waals surface area contributed by atoms with Gasteiger partial charge in [-0.1, -0.05) is 13.8 Å². The molecule has 0 fully saturated rings. The molecule has 0 atom stereocenters. The largest absolute Gasteiger partial charge is 0.370 e. The number of aryl methyl sites for hydroxylation is 1. The SMILES string of the molecule is CCNc1ncnc(-c2sccc2C)c1C(C)C. The molecule has 0 aliphatic heterocycles. The van der Waals surface area contributed by atoms with Crippen molar-refractivity contribution >= 4 is 17.2 Å². The van der Waals surface area contributed by atoms with Crippen LogP contribution >= 0.6 is 11.3 Å². The molecule has 2 heterocycles. The lowest BCUT2D eigenvalue weighted by Gasteiger charge is -2.16. The lowest BCUT2D eigenvalue weighted by Crippen LogP contribution is -2.07. The monoisotopic (exact) mass is 261 g/mol. The van der Waals surface area contributed by atoms with E-state index in [0.717, 1.165) is 18.1 Å². The van der Waals surface area contributed by atoms with Gasteiger partial charge in [-0.25, -0.2) is 9.97 Å². The molecule has 2 aromatic heterocycles. The molecule has 0 aromatic carbocycles. The molecule has 0 saturated heterocycles. The van der Waals surface area contributed by atoms with Crippen LogP contribution in [0, 0.1) is 6.92 Å². The lowest BCUT2D eigenvalue weighted by atomic mass is 10.00. The minimum atomic E-state index is 0.400. The first-order chi connectivity index (χ1) is 8.65. The quantitative estimate of drug-likeness (QED) is 0.901. The van der Waals surface area contributed by atoms with Crippen molar-refractivity contribution in [2.24, 2.45) is 0 Å². The van der Waals surface area contributed by atoms with Crippen LogP contribution in [0.25, 0.3) is 10.6 Å². The summed E-state index contributed by atoms with van der Waals surface area (Å²) in [5.41, 5.74) is 3.57. The van der Waals surface area contributed by atoms with E-state index in [2.05, 4.69) is 54.4 Å². The zero-order valence-electron chi connectivity index (χ0n) is 11.3. The smallest absolute Gasteiger partial charge is 0.133 e.